The summed E-state index contributed by atoms with van der Waals surface area (Å²) < 4.78 is 7.76. The van der Waals surface area contributed by atoms with E-state index in [-0.39, 0.29) is 6.10 Å². The van der Waals surface area contributed by atoms with Crippen LogP contribution in [0.4, 0.5) is 5.82 Å². The van der Waals surface area contributed by atoms with Gasteiger partial charge in [-0.15, -0.1) is 0 Å². The molecule has 1 atom stereocenters. The smallest absolute Gasteiger partial charge is 0.194 e. The number of ether oxygens (including phenoxy) is 1. The van der Waals surface area contributed by atoms with Crippen molar-refractivity contribution in [1.29, 1.82) is 0 Å². The number of nitrogens with zero attached hydrogens (tertiary/aromatic N) is 7. The molecule has 2 aromatic rings. The van der Waals surface area contributed by atoms with Crippen LogP contribution < -0.4 is 10.2 Å². The van der Waals surface area contributed by atoms with Crippen molar-refractivity contribution in [2.45, 2.75) is 12.6 Å². The van der Waals surface area contributed by atoms with Crippen LogP contribution in [0.1, 0.15) is 17.2 Å². The minimum atomic E-state index is 0.00976. The first kappa shape index (κ1) is 20.6. The lowest BCUT2D eigenvalue weighted by atomic mass is 10.1. The molecule has 2 aliphatic heterocycles. The highest BCUT2D eigenvalue weighted by molar-refractivity contribution is 5.80. The van der Waals surface area contributed by atoms with Crippen molar-refractivity contribution in [2.75, 3.05) is 64.9 Å². The van der Waals surface area contributed by atoms with Gasteiger partial charge in [-0.25, -0.2) is 4.98 Å². The lowest BCUT2D eigenvalue weighted by Crippen LogP contribution is -2.47. The largest absolute Gasteiger partial charge is 0.370 e. The lowest BCUT2D eigenvalue weighted by Gasteiger charge is -2.34. The number of piperazine rings is 1. The first-order valence-corrected chi connectivity index (χ1v) is 10.6. The van der Waals surface area contributed by atoms with Gasteiger partial charge in [0.15, 0.2) is 5.96 Å². The predicted molar refractivity (Wildman–Crippen MR) is 118 cm³/mol. The number of pyridine rings is 1. The van der Waals surface area contributed by atoms with Crippen LogP contribution in [0.2, 0.25) is 0 Å². The Labute approximate surface area is 178 Å². The highest BCUT2D eigenvalue weighted by Gasteiger charge is 2.25. The molecule has 1 N–H and O–H groups in total. The minimum Gasteiger partial charge on any atom is -0.370 e. The van der Waals surface area contributed by atoms with E-state index in [1.165, 1.54) is 0 Å². The second-order valence-corrected chi connectivity index (χ2v) is 7.97. The van der Waals surface area contributed by atoms with E-state index in [4.69, 9.17) is 4.74 Å². The summed E-state index contributed by atoms with van der Waals surface area (Å²) in [6, 6.07) is 4.27. The molecule has 9 heteroatoms. The van der Waals surface area contributed by atoms with Crippen LogP contribution in [0.5, 0.6) is 0 Å². The molecule has 0 radical (unpaired) electrons. The van der Waals surface area contributed by atoms with Gasteiger partial charge in [-0.3, -0.25) is 9.67 Å². The van der Waals surface area contributed by atoms with Gasteiger partial charge < -0.3 is 24.8 Å². The summed E-state index contributed by atoms with van der Waals surface area (Å²) >= 11 is 0. The Bertz CT molecular complexity index is 841. The first-order valence-electron chi connectivity index (χ1n) is 10.6. The summed E-state index contributed by atoms with van der Waals surface area (Å²) in [5, 5.41) is 7.74. The molecule has 4 rings (SSSR count). The quantitative estimate of drug-likeness (QED) is 0.586. The van der Waals surface area contributed by atoms with Crippen molar-refractivity contribution < 1.29 is 4.74 Å². The van der Waals surface area contributed by atoms with Crippen LogP contribution in [0.15, 0.2) is 35.7 Å². The van der Waals surface area contributed by atoms with E-state index < -0.39 is 0 Å². The zero-order chi connectivity index (χ0) is 20.9. The van der Waals surface area contributed by atoms with Crippen LogP contribution in [-0.2, 0) is 18.3 Å². The maximum Gasteiger partial charge on any atom is 0.194 e. The zero-order valence-corrected chi connectivity index (χ0v) is 18.2. The number of anilines is 1. The van der Waals surface area contributed by atoms with Gasteiger partial charge in [0.05, 0.1) is 19.3 Å². The molecule has 0 aliphatic carbocycles. The number of rotatable bonds is 4. The topological polar surface area (TPSA) is 74.1 Å². The van der Waals surface area contributed by atoms with E-state index in [1.807, 2.05) is 37.4 Å². The van der Waals surface area contributed by atoms with Crippen LogP contribution in [-0.4, -0.2) is 90.5 Å². The highest BCUT2D eigenvalue weighted by Crippen LogP contribution is 2.21. The SMILES string of the molecule is CN=C(NCc1ccc(N2CCN(C)CC2)nc1)N1CCOC(c2cnn(C)c2)C1. The van der Waals surface area contributed by atoms with Crippen molar-refractivity contribution in [1.82, 2.24) is 29.9 Å². The van der Waals surface area contributed by atoms with E-state index in [0.717, 1.165) is 62.2 Å². The Kier molecular flexibility index (Phi) is 6.49. The first-order chi connectivity index (χ1) is 14.6. The van der Waals surface area contributed by atoms with Crippen LogP contribution in [0.3, 0.4) is 0 Å². The van der Waals surface area contributed by atoms with Crippen LogP contribution in [0, 0.1) is 0 Å². The van der Waals surface area contributed by atoms with Gasteiger partial charge in [-0.2, -0.15) is 5.10 Å². The second kappa shape index (κ2) is 9.44. The van der Waals surface area contributed by atoms with Gasteiger partial charge in [0.25, 0.3) is 0 Å². The van der Waals surface area contributed by atoms with Crippen molar-refractivity contribution in [3.63, 3.8) is 0 Å². The number of aromatic nitrogens is 3. The summed E-state index contributed by atoms with van der Waals surface area (Å²) in [7, 11) is 5.92. The average molecular weight is 413 g/mol. The molecule has 0 spiro atoms. The number of likely N-dealkylation sites (N-methyl/N-ethyl adjacent to an activating group) is 1. The zero-order valence-electron chi connectivity index (χ0n) is 18.2. The molecule has 2 fully saturated rings. The summed E-state index contributed by atoms with van der Waals surface area (Å²) in [6.45, 7) is 7.16. The molecule has 0 saturated carbocycles. The molecular weight excluding hydrogens is 380 g/mol. The summed E-state index contributed by atoms with van der Waals surface area (Å²) in [6.07, 6.45) is 5.86. The van der Waals surface area contributed by atoms with E-state index >= 15 is 0 Å². The third kappa shape index (κ3) is 4.91. The molecule has 4 heterocycles. The molecule has 0 amide bonds. The summed E-state index contributed by atoms with van der Waals surface area (Å²) in [4.78, 5) is 16.1. The van der Waals surface area contributed by atoms with Gasteiger partial charge in [-0.1, -0.05) is 6.07 Å². The van der Waals surface area contributed by atoms with Crippen molar-refractivity contribution in [3.8, 4) is 0 Å². The standard InChI is InChI=1S/C21H32N8O/c1-22-21(29-10-11-30-19(16-29)18-14-25-27(3)15-18)24-13-17-4-5-20(23-12-17)28-8-6-26(2)7-9-28/h4-5,12,14-15,19H,6-11,13,16H2,1-3H3,(H,22,24). The Morgan fingerprint density at radius 1 is 1.17 bits per heavy atom. The number of guanidine groups is 1. The monoisotopic (exact) mass is 412 g/mol. The molecule has 0 aromatic carbocycles. The number of hydrogen-bond acceptors (Lipinski definition) is 6. The van der Waals surface area contributed by atoms with Crippen LogP contribution in [0.25, 0.3) is 0 Å². The maximum absolute atomic E-state index is 5.95. The Hall–Kier alpha value is -2.65. The van der Waals surface area contributed by atoms with Gasteiger partial charge in [0.1, 0.15) is 11.9 Å². The lowest BCUT2D eigenvalue weighted by molar-refractivity contribution is -0.00805. The summed E-state index contributed by atoms with van der Waals surface area (Å²) in [5.74, 6) is 1.94. The fraction of sp³-hybridized carbons (Fsp3) is 0.571. The fourth-order valence-electron chi connectivity index (χ4n) is 3.91. The molecule has 162 valence electrons. The van der Waals surface area contributed by atoms with E-state index in [9.17, 15) is 0 Å². The number of nitrogens with one attached hydrogen (secondary N) is 1. The van der Waals surface area contributed by atoms with E-state index in [1.54, 1.807) is 0 Å². The number of morpholine rings is 1. The predicted octanol–water partition coefficient (Wildman–Crippen LogP) is 0.716. The number of hydrogen-bond donors (Lipinski definition) is 1. The molecule has 1 unspecified atom stereocenters. The highest BCUT2D eigenvalue weighted by atomic mass is 16.5. The molecule has 0 bridgehead atoms. The second-order valence-electron chi connectivity index (χ2n) is 7.97. The van der Waals surface area contributed by atoms with Gasteiger partial charge >= 0.3 is 0 Å². The van der Waals surface area contributed by atoms with Gasteiger partial charge in [-0.05, 0) is 18.7 Å². The molecule has 2 aromatic heterocycles. The van der Waals surface area contributed by atoms with Crippen LogP contribution >= 0.6 is 0 Å². The van der Waals surface area contributed by atoms with Gasteiger partial charge in [0.2, 0.25) is 0 Å². The van der Waals surface area contributed by atoms with Crippen molar-refractivity contribution in [3.05, 3.63) is 41.9 Å². The third-order valence-electron chi connectivity index (χ3n) is 5.76. The van der Waals surface area contributed by atoms with E-state index in [0.29, 0.717) is 13.2 Å². The van der Waals surface area contributed by atoms with Crippen molar-refractivity contribution in [2.24, 2.45) is 12.0 Å². The molecule has 30 heavy (non-hydrogen) atoms. The molecular formula is C21H32N8O. The van der Waals surface area contributed by atoms with Gasteiger partial charge in [0, 0.05) is 71.3 Å². The normalized spacial score (nSPS) is 21.2. The molecule has 2 saturated heterocycles. The Morgan fingerprint density at radius 3 is 2.67 bits per heavy atom. The summed E-state index contributed by atoms with van der Waals surface area (Å²) in [5.41, 5.74) is 2.24. The fourth-order valence-corrected chi connectivity index (χ4v) is 3.91. The Balaban J connectivity index is 1.32. The minimum absolute atomic E-state index is 0.00976. The molecule has 9 nitrogen and oxygen atoms in total. The van der Waals surface area contributed by atoms with Crippen molar-refractivity contribution >= 4 is 11.8 Å². The number of aryl methyl sites for hydroxylation is 1. The van der Waals surface area contributed by atoms with E-state index in [2.05, 4.69) is 54.3 Å². The Morgan fingerprint density at radius 2 is 2.00 bits per heavy atom. The molecule has 2 aliphatic rings. The number of aliphatic imine (C=N–C) groups is 1. The average Bonchev–Trinajstić information content (AvgIpc) is 3.22. The maximum atomic E-state index is 5.95. The third-order valence-corrected chi connectivity index (χ3v) is 5.76.